The number of carbonyl (C=O) groups is 2. The number of amides is 2. The number of aryl methyl sites for hydroxylation is 1. The molecule has 0 saturated carbocycles. The smallest absolute Gasteiger partial charge is 0.227 e. The van der Waals surface area contributed by atoms with Gasteiger partial charge in [0.2, 0.25) is 11.8 Å². The Bertz CT molecular complexity index is 564. The van der Waals surface area contributed by atoms with Gasteiger partial charge in [0.25, 0.3) is 0 Å². The Hall–Kier alpha value is -1.84. The van der Waals surface area contributed by atoms with Crippen molar-refractivity contribution in [2.75, 3.05) is 16.8 Å². The molecule has 120 valence electrons. The zero-order valence-corrected chi connectivity index (χ0v) is 14.0. The average molecular weight is 302 g/mol. The molecule has 0 aromatic heterocycles. The first-order valence-corrected chi connectivity index (χ1v) is 8.10. The van der Waals surface area contributed by atoms with Crippen LogP contribution < -0.4 is 10.2 Å². The van der Waals surface area contributed by atoms with E-state index in [0.717, 1.165) is 29.9 Å². The second kappa shape index (κ2) is 6.95. The van der Waals surface area contributed by atoms with Gasteiger partial charge in [-0.2, -0.15) is 0 Å². The summed E-state index contributed by atoms with van der Waals surface area (Å²) >= 11 is 0. The van der Waals surface area contributed by atoms with E-state index in [1.54, 1.807) is 0 Å². The third-order valence-electron chi connectivity index (χ3n) is 3.70. The number of benzene rings is 1. The van der Waals surface area contributed by atoms with Crippen LogP contribution in [0, 0.1) is 11.8 Å². The summed E-state index contributed by atoms with van der Waals surface area (Å²) in [5.41, 5.74) is 2.96. The Kier molecular flexibility index (Phi) is 5.22. The van der Waals surface area contributed by atoms with Crippen molar-refractivity contribution < 1.29 is 9.59 Å². The highest BCUT2D eigenvalue weighted by molar-refractivity contribution is 5.97. The molecule has 1 aliphatic heterocycles. The Balaban J connectivity index is 2.17. The molecule has 1 aromatic rings. The lowest BCUT2D eigenvalue weighted by molar-refractivity contribution is -0.119. The monoisotopic (exact) mass is 302 g/mol. The van der Waals surface area contributed by atoms with E-state index in [1.807, 2.05) is 36.9 Å². The van der Waals surface area contributed by atoms with E-state index in [0.29, 0.717) is 24.7 Å². The van der Waals surface area contributed by atoms with Gasteiger partial charge in [0, 0.05) is 30.8 Å². The standard InChI is InChI=1S/C18H26N2O2/c1-12(2)9-17(21)19-15-6-7-16-14(10-15)5-8-18(22)20(16)11-13(3)4/h6-7,10,12-13H,5,8-9,11H2,1-4H3,(H,19,21). The van der Waals surface area contributed by atoms with E-state index in [9.17, 15) is 9.59 Å². The van der Waals surface area contributed by atoms with Crippen molar-refractivity contribution in [1.29, 1.82) is 0 Å². The average Bonchev–Trinajstić information content (AvgIpc) is 2.40. The zero-order valence-electron chi connectivity index (χ0n) is 14.0. The lowest BCUT2D eigenvalue weighted by atomic mass is 9.99. The summed E-state index contributed by atoms with van der Waals surface area (Å²) in [6.07, 6.45) is 1.81. The van der Waals surface area contributed by atoms with Gasteiger partial charge in [0.05, 0.1) is 0 Å². The van der Waals surface area contributed by atoms with Crippen molar-refractivity contribution in [2.24, 2.45) is 11.8 Å². The number of nitrogens with one attached hydrogen (secondary N) is 1. The second-order valence-electron chi connectivity index (χ2n) is 6.89. The summed E-state index contributed by atoms with van der Waals surface area (Å²) in [4.78, 5) is 25.9. The van der Waals surface area contributed by atoms with Crippen molar-refractivity contribution in [3.63, 3.8) is 0 Å². The van der Waals surface area contributed by atoms with Gasteiger partial charge in [-0.05, 0) is 42.0 Å². The molecule has 1 aliphatic rings. The maximum absolute atomic E-state index is 12.1. The van der Waals surface area contributed by atoms with Crippen LogP contribution in [0.15, 0.2) is 18.2 Å². The number of nitrogens with zero attached hydrogens (tertiary/aromatic N) is 1. The summed E-state index contributed by atoms with van der Waals surface area (Å²) in [6, 6.07) is 5.86. The summed E-state index contributed by atoms with van der Waals surface area (Å²) in [7, 11) is 0. The van der Waals surface area contributed by atoms with Crippen molar-refractivity contribution in [3.8, 4) is 0 Å². The minimum Gasteiger partial charge on any atom is -0.326 e. The molecule has 4 nitrogen and oxygen atoms in total. The zero-order chi connectivity index (χ0) is 16.3. The molecule has 0 bridgehead atoms. The van der Waals surface area contributed by atoms with Crippen LogP contribution in [-0.2, 0) is 16.0 Å². The molecule has 0 aliphatic carbocycles. The molecule has 2 rings (SSSR count). The first kappa shape index (κ1) is 16.5. The largest absolute Gasteiger partial charge is 0.326 e. The number of hydrogen-bond donors (Lipinski definition) is 1. The summed E-state index contributed by atoms with van der Waals surface area (Å²) in [5, 5.41) is 2.95. The van der Waals surface area contributed by atoms with Gasteiger partial charge >= 0.3 is 0 Å². The molecule has 22 heavy (non-hydrogen) atoms. The van der Waals surface area contributed by atoms with Crippen molar-refractivity contribution in [1.82, 2.24) is 0 Å². The molecular formula is C18H26N2O2. The third-order valence-corrected chi connectivity index (χ3v) is 3.70. The minimum absolute atomic E-state index is 0.0425. The van der Waals surface area contributed by atoms with Crippen LogP contribution in [0.3, 0.4) is 0 Å². The SMILES string of the molecule is CC(C)CC(=O)Nc1ccc2c(c1)CCC(=O)N2CC(C)C. The lowest BCUT2D eigenvalue weighted by Crippen LogP contribution is -2.37. The molecule has 1 N–H and O–H groups in total. The number of hydrogen-bond acceptors (Lipinski definition) is 2. The van der Waals surface area contributed by atoms with Gasteiger partial charge in [-0.15, -0.1) is 0 Å². The lowest BCUT2D eigenvalue weighted by Gasteiger charge is -2.31. The van der Waals surface area contributed by atoms with E-state index in [4.69, 9.17) is 0 Å². The highest BCUT2D eigenvalue weighted by Gasteiger charge is 2.24. The van der Waals surface area contributed by atoms with Crippen LogP contribution in [0.25, 0.3) is 0 Å². The number of anilines is 2. The molecule has 1 heterocycles. The highest BCUT2D eigenvalue weighted by atomic mass is 16.2. The van der Waals surface area contributed by atoms with E-state index >= 15 is 0 Å². The summed E-state index contributed by atoms with van der Waals surface area (Å²) in [5.74, 6) is 1.01. The molecule has 2 amide bonds. The Morgan fingerprint density at radius 1 is 1.18 bits per heavy atom. The normalized spacial score (nSPS) is 14.5. The third kappa shape index (κ3) is 4.09. The highest BCUT2D eigenvalue weighted by Crippen LogP contribution is 2.31. The van der Waals surface area contributed by atoms with Gasteiger partial charge in [-0.25, -0.2) is 0 Å². The topological polar surface area (TPSA) is 49.4 Å². The van der Waals surface area contributed by atoms with Gasteiger partial charge in [0.1, 0.15) is 0 Å². The molecular weight excluding hydrogens is 276 g/mol. The van der Waals surface area contributed by atoms with E-state index < -0.39 is 0 Å². The van der Waals surface area contributed by atoms with E-state index in [1.165, 1.54) is 0 Å². The molecule has 0 fully saturated rings. The predicted octanol–water partition coefficient (Wildman–Crippen LogP) is 3.61. The van der Waals surface area contributed by atoms with Crippen LogP contribution in [0.2, 0.25) is 0 Å². The Morgan fingerprint density at radius 3 is 2.55 bits per heavy atom. The van der Waals surface area contributed by atoms with E-state index in [2.05, 4.69) is 19.2 Å². The summed E-state index contributed by atoms with van der Waals surface area (Å²) in [6.45, 7) is 9.03. The Labute approximate surface area is 132 Å². The summed E-state index contributed by atoms with van der Waals surface area (Å²) < 4.78 is 0. The first-order chi connectivity index (χ1) is 10.4. The van der Waals surface area contributed by atoms with Gasteiger partial charge < -0.3 is 10.2 Å². The van der Waals surface area contributed by atoms with Gasteiger partial charge in [-0.3, -0.25) is 9.59 Å². The first-order valence-electron chi connectivity index (χ1n) is 8.10. The van der Waals surface area contributed by atoms with Crippen LogP contribution >= 0.6 is 0 Å². The van der Waals surface area contributed by atoms with Crippen LogP contribution in [0.1, 0.15) is 46.1 Å². The number of rotatable bonds is 5. The van der Waals surface area contributed by atoms with Crippen molar-refractivity contribution >= 4 is 23.2 Å². The molecule has 0 saturated heterocycles. The van der Waals surface area contributed by atoms with Crippen molar-refractivity contribution in [2.45, 2.75) is 47.0 Å². The van der Waals surface area contributed by atoms with E-state index in [-0.39, 0.29) is 11.8 Å². The predicted molar refractivity (Wildman–Crippen MR) is 90.0 cm³/mol. The van der Waals surface area contributed by atoms with Crippen LogP contribution in [0.4, 0.5) is 11.4 Å². The fourth-order valence-corrected chi connectivity index (χ4v) is 2.79. The molecule has 0 atom stereocenters. The fraction of sp³-hybridized carbons (Fsp3) is 0.556. The van der Waals surface area contributed by atoms with Crippen LogP contribution in [0.5, 0.6) is 0 Å². The van der Waals surface area contributed by atoms with Crippen LogP contribution in [-0.4, -0.2) is 18.4 Å². The minimum atomic E-state index is 0.0425. The number of carbonyl (C=O) groups excluding carboxylic acids is 2. The molecule has 4 heteroatoms. The number of fused-ring (bicyclic) bond motifs is 1. The van der Waals surface area contributed by atoms with Crippen molar-refractivity contribution in [3.05, 3.63) is 23.8 Å². The maximum atomic E-state index is 12.1. The van der Waals surface area contributed by atoms with Gasteiger partial charge in [0.15, 0.2) is 0 Å². The fourth-order valence-electron chi connectivity index (χ4n) is 2.79. The molecule has 0 radical (unpaired) electrons. The second-order valence-corrected chi connectivity index (χ2v) is 6.89. The van der Waals surface area contributed by atoms with Gasteiger partial charge in [-0.1, -0.05) is 27.7 Å². The maximum Gasteiger partial charge on any atom is 0.227 e. The Morgan fingerprint density at radius 2 is 1.91 bits per heavy atom. The quantitative estimate of drug-likeness (QED) is 0.903. The molecule has 0 spiro atoms. The molecule has 0 unspecified atom stereocenters. The molecule has 1 aromatic carbocycles.